The highest BCUT2D eigenvalue weighted by molar-refractivity contribution is 7.87. The summed E-state index contributed by atoms with van der Waals surface area (Å²) in [6.45, 7) is 3.91. The number of carbonyl (C=O) groups is 1. The number of nitrogens with one attached hydrogen (secondary N) is 2. The fraction of sp³-hybridized carbons (Fsp3) is 0.889. The van der Waals surface area contributed by atoms with Crippen LogP contribution in [0.3, 0.4) is 0 Å². The Hall–Kier alpha value is -0.700. The maximum Gasteiger partial charge on any atom is 0.304 e. The van der Waals surface area contributed by atoms with Crippen LogP contribution in [-0.2, 0) is 19.7 Å². The maximum atomic E-state index is 11.5. The van der Waals surface area contributed by atoms with Crippen LogP contribution < -0.4 is 9.44 Å². The monoisotopic (exact) mass is 268 g/mol. The van der Waals surface area contributed by atoms with Gasteiger partial charge in [-0.2, -0.15) is 17.9 Å². The topological polar surface area (TPSA) is 105 Å². The van der Waals surface area contributed by atoms with Crippen molar-refractivity contribution < 1.29 is 23.1 Å². The van der Waals surface area contributed by atoms with Gasteiger partial charge in [-0.1, -0.05) is 13.8 Å². The van der Waals surface area contributed by atoms with Crippen molar-refractivity contribution in [1.29, 1.82) is 0 Å². The van der Waals surface area contributed by atoms with Crippen LogP contribution in [0.15, 0.2) is 0 Å². The zero-order valence-electron chi connectivity index (χ0n) is 10.3. The fourth-order valence-corrected chi connectivity index (χ4v) is 2.31. The van der Waals surface area contributed by atoms with E-state index in [1.807, 2.05) is 0 Å². The molecule has 7 nitrogen and oxygen atoms in total. The lowest BCUT2D eigenvalue weighted by atomic mass is 10.0. The minimum atomic E-state index is -3.69. The molecule has 1 unspecified atom stereocenters. The van der Waals surface area contributed by atoms with E-state index < -0.39 is 22.2 Å². The second kappa shape index (κ2) is 7.59. The Morgan fingerprint density at radius 3 is 2.41 bits per heavy atom. The second-order valence-corrected chi connectivity index (χ2v) is 5.49. The largest absolute Gasteiger partial charge is 0.481 e. The van der Waals surface area contributed by atoms with E-state index in [0.29, 0.717) is 0 Å². The minimum Gasteiger partial charge on any atom is -0.481 e. The van der Waals surface area contributed by atoms with Gasteiger partial charge in [0, 0.05) is 19.7 Å². The van der Waals surface area contributed by atoms with Gasteiger partial charge in [0.2, 0.25) is 0 Å². The van der Waals surface area contributed by atoms with Gasteiger partial charge in [0.15, 0.2) is 0 Å². The third kappa shape index (κ3) is 8.08. The number of carboxylic acids is 1. The highest BCUT2D eigenvalue weighted by atomic mass is 32.2. The molecule has 102 valence electrons. The molecule has 0 fully saturated rings. The molecule has 0 aliphatic heterocycles. The number of rotatable bonds is 9. The predicted molar refractivity (Wildman–Crippen MR) is 62.8 cm³/mol. The summed E-state index contributed by atoms with van der Waals surface area (Å²) in [7, 11) is -2.23. The molecule has 1 atom stereocenters. The lowest BCUT2D eigenvalue weighted by molar-refractivity contribution is -0.137. The molecule has 0 aromatic carbocycles. The van der Waals surface area contributed by atoms with Crippen LogP contribution in [0.5, 0.6) is 0 Å². The summed E-state index contributed by atoms with van der Waals surface area (Å²) in [5, 5.41) is 8.67. The van der Waals surface area contributed by atoms with Gasteiger partial charge >= 0.3 is 5.97 Å². The molecule has 0 saturated heterocycles. The zero-order chi connectivity index (χ0) is 13.5. The summed E-state index contributed by atoms with van der Waals surface area (Å²) in [6, 6.07) is -0.632. The number of hydrogen-bond acceptors (Lipinski definition) is 4. The van der Waals surface area contributed by atoms with Gasteiger partial charge in [-0.15, -0.1) is 0 Å². The highest BCUT2D eigenvalue weighted by Crippen LogP contribution is 2.07. The molecule has 0 rings (SSSR count). The Kier molecular flexibility index (Phi) is 7.28. The van der Waals surface area contributed by atoms with Crippen LogP contribution in [0.25, 0.3) is 0 Å². The van der Waals surface area contributed by atoms with Gasteiger partial charge in [0.1, 0.15) is 0 Å². The normalized spacial score (nSPS) is 13.9. The summed E-state index contributed by atoms with van der Waals surface area (Å²) in [6.07, 6.45) is -0.247. The number of hydrogen-bond donors (Lipinski definition) is 3. The first kappa shape index (κ1) is 16.3. The van der Waals surface area contributed by atoms with Gasteiger partial charge in [-0.05, 0) is 5.92 Å². The predicted octanol–water partition coefficient (Wildman–Crippen LogP) is -0.444. The Labute approximate surface area is 102 Å². The molecule has 0 saturated carbocycles. The molecular formula is C9H20N2O5S. The van der Waals surface area contributed by atoms with Crippen molar-refractivity contribution in [3.63, 3.8) is 0 Å². The van der Waals surface area contributed by atoms with E-state index in [-0.39, 0.29) is 25.5 Å². The van der Waals surface area contributed by atoms with E-state index in [0.717, 1.165) is 0 Å². The summed E-state index contributed by atoms with van der Waals surface area (Å²) in [4.78, 5) is 10.6. The highest BCUT2D eigenvalue weighted by Gasteiger charge is 2.22. The Morgan fingerprint density at radius 1 is 1.41 bits per heavy atom. The van der Waals surface area contributed by atoms with Gasteiger partial charge in [-0.25, -0.2) is 0 Å². The van der Waals surface area contributed by atoms with Crippen molar-refractivity contribution in [2.45, 2.75) is 26.3 Å². The molecule has 0 heterocycles. The standard InChI is InChI=1S/C9H20N2O5S/c1-7(2)8(6-9(12)13)11-17(14,15)10-4-5-16-3/h7-8,10-11H,4-6H2,1-3H3,(H,12,13). The Bertz CT molecular complexity index is 328. The molecule has 0 amide bonds. The van der Waals surface area contributed by atoms with Crippen molar-refractivity contribution in [2.75, 3.05) is 20.3 Å². The Morgan fingerprint density at radius 2 is 2.00 bits per heavy atom. The van der Waals surface area contributed by atoms with Crippen LogP contribution in [-0.4, -0.2) is 45.8 Å². The van der Waals surface area contributed by atoms with Crippen LogP contribution in [0.2, 0.25) is 0 Å². The molecule has 0 bridgehead atoms. The van der Waals surface area contributed by atoms with E-state index in [2.05, 4.69) is 9.44 Å². The number of aliphatic carboxylic acids is 1. The van der Waals surface area contributed by atoms with E-state index in [4.69, 9.17) is 9.84 Å². The smallest absolute Gasteiger partial charge is 0.304 e. The van der Waals surface area contributed by atoms with Crippen LogP contribution in [0.1, 0.15) is 20.3 Å². The molecule has 0 radical (unpaired) electrons. The fourth-order valence-electron chi connectivity index (χ4n) is 1.12. The lowest BCUT2D eigenvalue weighted by Gasteiger charge is -2.20. The van der Waals surface area contributed by atoms with Crippen molar-refractivity contribution in [3.8, 4) is 0 Å². The zero-order valence-corrected chi connectivity index (χ0v) is 11.1. The van der Waals surface area contributed by atoms with Crippen LogP contribution in [0, 0.1) is 5.92 Å². The molecular weight excluding hydrogens is 248 g/mol. The average Bonchev–Trinajstić information content (AvgIpc) is 2.15. The lowest BCUT2D eigenvalue weighted by Crippen LogP contribution is -2.46. The van der Waals surface area contributed by atoms with Gasteiger partial charge in [0.05, 0.1) is 13.0 Å². The molecule has 0 spiro atoms. The molecule has 3 N–H and O–H groups in total. The molecule has 0 aliphatic carbocycles. The molecule has 17 heavy (non-hydrogen) atoms. The van der Waals surface area contributed by atoms with E-state index >= 15 is 0 Å². The quantitative estimate of drug-likeness (QED) is 0.492. The average molecular weight is 268 g/mol. The van der Waals surface area contributed by atoms with Crippen molar-refractivity contribution in [3.05, 3.63) is 0 Å². The first-order valence-electron chi connectivity index (χ1n) is 5.26. The SMILES string of the molecule is COCCNS(=O)(=O)NC(CC(=O)O)C(C)C. The van der Waals surface area contributed by atoms with Gasteiger partial charge in [0.25, 0.3) is 10.2 Å². The number of ether oxygens (including phenoxy) is 1. The molecule has 0 aromatic heterocycles. The number of methoxy groups -OCH3 is 1. The Balaban J connectivity index is 4.37. The van der Waals surface area contributed by atoms with Crippen LogP contribution >= 0.6 is 0 Å². The third-order valence-electron chi connectivity index (χ3n) is 2.10. The third-order valence-corrected chi connectivity index (χ3v) is 3.30. The summed E-state index contributed by atoms with van der Waals surface area (Å²) in [5.41, 5.74) is 0. The van der Waals surface area contributed by atoms with Crippen molar-refractivity contribution in [1.82, 2.24) is 9.44 Å². The summed E-state index contributed by atoms with van der Waals surface area (Å²) < 4.78 is 32.3. The summed E-state index contributed by atoms with van der Waals surface area (Å²) in [5.74, 6) is -1.15. The van der Waals surface area contributed by atoms with E-state index in [1.165, 1.54) is 7.11 Å². The molecule has 8 heteroatoms. The van der Waals surface area contributed by atoms with Gasteiger partial charge in [-0.3, -0.25) is 4.79 Å². The van der Waals surface area contributed by atoms with Gasteiger partial charge < -0.3 is 9.84 Å². The first-order chi connectivity index (χ1) is 7.78. The first-order valence-corrected chi connectivity index (χ1v) is 6.74. The van der Waals surface area contributed by atoms with Crippen molar-refractivity contribution >= 4 is 16.2 Å². The number of carboxylic acid groups (broad SMARTS) is 1. The second-order valence-electron chi connectivity index (χ2n) is 3.96. The molecule has 0 aromatic rings. The summed E-state index contributed by atoms with van der Waals surface area (Å²) >= 11 is 0. The molecule has 0 aliphatic rings. The maximum absolute atomic E-state index is 11.5. The van der Waals surface area contributed by atoms with Crippen molar-refractivity contribution in [2.24, 2.45) is 5.92 Å². The van der Waals surface area contributed by atoms with E-state index in [1.54, 1.807) is 13.8 Å². The van der Waals surface area contributed by atoms with Crippen LogP contribution in [0.4, 0.5) is 0 Å². The van der Waals surface area contributed by atoms with E-state index in [9.17, 15) is 13.2 Å². The minimum absolute atomic E-state index is 0.106.